The second kappa shape index (κ2) is 5.59. The zero-order valence-corrected chi connectivity index (χ0v) is 11.6. The number of nitrogen functional groups attached to an aromatic ring is 1. The second-order valence-electron chi connectivity index (χ2n) is 5.65. The lowest BCUT2D eigenvalue weighted by molar-refractivity contribution is 0.568. The van der Waals surface area contributed by atoms with Crippen molar-refractivity contribution in [3.05, 3.63) is 29.6 Å². The highest BCUT2D eigenvalue weighted by molar-refractivity contribution is 6.00. The molecule has 0 bridgehead atoms. The summed E-state index contributed by atoms with van der Waals surface area (Å²) < 4.78 is 13.9. The predicted molar refractivity (Wildman–Crippen MR) is 77.2 cm³/mol. The van der Waals surface area contributed by atoms with Gasteiger partial charge >= 0.3 is 0 Å². The molecule has 0 saturated heterocycles. The van der Waals surface area contributed by atoms with Crippen LogP contribution < -0.4 is 10.6 Å². The molecule has 0 unspecified atom stereocenters. The number of hydrogen-bond donors (Lipinski definition) is 2. The summed E-state index contributed by atoms with van der Waals surface area (Å²) in [5.41, 5.74) is 6.57. The van der Waals surface area contributed by atoms with Crippen molar-refractivity contribution < 1.29 is 4.39 Å². The number of halogens is 1. The van der Waals surface area contributed by atoms with E-state index in [1.54, 1.807) is 6.07 Å². The Morgan fingerprint density at radius 1 is 1.47 bits per heavy atom. The van der Waals surface area contributed by atoms with Crippen molar-refractivity contribution in [2.75, 3.05) is 11.4 Å². The molecular formula is C15H22FN3. The molecule has 0 spiro atoms. The molecule has 0 radical (unpaired) electrons. The minimum absolute atomic E-state index is 0.191. The van der Waals surface area contributed by atoms with Gasteiger partial charge in [-0.05, 0) is 37.3 Å². The van der Waals surface area contributed by atoms with Gasteiger partial charge in [0.1, 0.15) is 11.7 Å². The summed E-state index contributed by atoms with van der Waals surface area (Å²) in [7, 11) is 0. The fourth-order valence-corrected chi connectivity index (χ4v) is 2.30. The van der Waals surface area contributed by atoms with Crippen LogP contribution in [0, 0.1) is 17.1 Å². The van der Waals surface area contributed by atoms with Crippen LogP contribution >= 0.6 is 0 Å². The summed E-state index contributed by atoms with van der Waals surface area (Å²) in [6.07, 6.45) is 3.35. The molecular weight excluding hydrogens is 241 g/mol. The van der Waals surface area contributed by atoms with Crippen molar-refractivity contribution >= 4 is 11.5 Å². The van der Waals surface area contributed by atoms with Gasteiger partial charge in [0, 0.05) is 12.6 Å². The lowest BCUT2D eigenvalue weighted by Gasteiger charge is -2.27. The molecule has 1 saturated carbocycles. The summed E-state index contributed by atoms with van der Waals surface area (Å²) in [6.45, 7) is 5.26. The van der Waals surface area contributed by atoms with Gasteiger partial charge in [0.15, 0.2) is 0 Å². The lowest BCUT2D eigenvalue weighted by Crippen LogP contribution is -2.30. The van der Waals surface area contributed by atoms with Crippen molar-refractivity contribution in [2.45, 2.75) is 39.2 Å². The number of benzene rings is 1. The van der Waals surface area contributed by atoms with E-state index < -0.39 is 5.82 Å². The maximum Gasteiger partial charge on any atom is 0.136 e. The Bertz CT molecular complexity index is 466. The Labute approximate surface area is 114 Å². The first-order valence-corrected chi connectivity index (χ1v) is 6.90. The number of rotatable bonds is 6. The highest BCUT2D eigenvalue weighted by Gasteiger charge is 2.31. The lowest BCUT2D eigenvalue weighted by atomic mass is 10.1. The van der Waals surface area contributed by atoms with E-state index in [-0.39, 0.29) is 11.4 Å². The molecule has 104 valence electrons. The maximum atomic E-state index is 13.9. The van der Waals surface area contributed by atoms with Crippen molar-refractivity contribution in [1.82, 2.24) is 0 Å². The number of nitrogens with zero attached hydrogens (tertiary/aromatic N) is 1. The first kappa shape index (κ1) is 13.8. The molecule has 19 heavy (non-hydrogen) atoms. The number of amidine groups is 1. The third-order valence-corrected chi connectivity index (χ3v) is 3.51. The van der Waals surface area contributed by atoms with E-state index >= 15 is 0 Å². The largest absolute Gasteiger partial charge is 0.384 e. The van der Waals surface area contributed by atoms with Crippen LogP contribution in [-0.4, -0.2) is 18.4 Å². The molecule has 4 heteroatoms. The first-order valence-electron chi connectivity index (χ1n) is 6.90. The van der Waals surface area contributed by atoms with Crippen LogP contribution in [0.25, 0.3) is 0 Å². The number of anilines is 1. The maximum absolute atomic E-state index is 13.9. The van der Waals surface area contributed by atoms with Crippen molar-refractivity contribution in [2.24, 2.45) is 11.7 Å². The van der Waals surface area contributed by atoms with E-state index in [1.165, 1.54) is 6.07 Å². The quantitative estimate of drug-likeness (QED) is 0.612. The van der Waals surface area contributed by atoms with Gasteiger partial charge < -0.3 is 10.6 Å². The van der Waals surface area contributed by atoms with Gasteiger partial charge in [0.2, 0.25) is 0 Å². The summed E-state index contributed by atoms with van der Waals surface area (Å²) in [5.74, 6) is 0.0130. The topological polar surface area (TPSA) is 53.1 Å². The summed E-state index contributed by atoms with van der Waals surface area (Å²) in [6, 6.07) is 5.42. The van der Waals surface area contributed by atoms with Gasteiger partial charge in [-0.25, -0.2) is 4.39 Å². The van der Waals surface area contributed by atoms with Crippen LogP contribution in [0.3, 0.4) is 0 Å². The fourth-order valence-electron chi connectivity index (χ4n) is 2.30. The average Bonchev–Trinajstić information content (AvgIpc) is 3.12. The molecule has 1 aromatic rings. The zero-order chi connectivity index (χ0) is 14.0. The van der Waals surface area contributed by atoms with Crippen LogP contribution in [0.15, 0.2) is 18.2 Å². The number of nitrogens with two attached hydrogens (primary N) is 1. The Balaban J connectivity index is 2.31. The molecule has 1 aromatic carbocycles. The molecule has 3 nitrogen and oxygen atoms in total. The van der Waals surface area contributed by atoms with E-state index in [1.807, 2.05) is 6.07 Å². The van der Waals surface area contributed by atoms with Crippen LogP contribution in [-0.2, 0) is 0 Å². The standard InChI is InChI=1S/C15H22FN3/c1-10(2)8-9-19(11-6-7-11)13-5-3-4-12(16)14(13)15(17)18/h3-5,10-11H,6-9H2,1-2H3,(H3,17,18). The van der Waals surface area contributed by atoms with Crippen LogP contribution in [0.2, 0.25) is 0 Å². The van der Waals surface area contributed by atoms with Gasteiger partial charge in [0.25, 0.3) is 0 Å². The zero-order valence-electron chi connectivity index (χ0n) is 11.6. The Morgan fingerprint density at radius 2 is 2.16 bits per heavy atom. The first-order chi connectivity index (χ1) is 9.00. The SMILES string of the molecule is CC(C)CCN(c1cccc(F)c1C(=N)N)C1CC1. The predicted octanol–water partition coefficient (Wildman–Crippen LogP) is 3.12. The molecule has 2 rings (SSSR count). The molecule has 1 aliphatic rings. The third-order valence-electron chi connectivity index (χ3n) is 3.51. The molecule has 0 aliphatic heterocycles. The average molecular weight is 263 g/mol. The normalized spacial score (nSPS) is 14.7. The Morgan fingerprint density at radius 3 is 2.68 bits per heavy atom. The molecule has 0 aromatic heterocycles. The summed E-state index contributed by atoms with van der Waals surface area (Å²) in [5, 5.41) is 7.60. The van der Waals surface area contributed by atoms with E-state index in [2.05, 4.69) is 18.7 Å². The molecule has 1 fully saturated rings. The third kappa shape index (κ3) is 3.25. The van der Waals surface area contributed by atoms with Gasteiger partial charge in [0.05, 0.1) is 11.3 Å². The monoisotopic (exact) mass is 263 g/mol. The van der Waals surface area contributed by atoms with Crippen molar-refractivity contribution in [3.63, 3.8) is 0 Å². The van der Waals surface area contributed by atoms with E-state index in [0.717, 1.165) is 31.5 Å². The number of hydrogen-bond acceptors (Lipinski definition) is 2. The second-order valence-corrected chi connectivity index (χ2v) is 5.65. The highest BCUT2D eigenvalue weighted by Crippen LogP contribution is 2.34. The van der Waals surface area contributed by atoms with Gasteiger partial charge in [-0.15, -0.1) is 0 Å². The summed E-state index contributed by atoms with van der Waals surface area (Å²) in [4.78, 5) is 2.22. The van der Waals surface area contributed by atoms with Crippen LogP contribution in [0.1, 0.15) is 38.7 Å². The van der Waals surface area contributed by atoms with Gasteiger partial charge in [-0.1, -0.05) is 19.9 Å². The molecule has 3 N–H and O–H groups in total. The molecule has 0 heterocycles. The van der Waals surface area contributed by atoms with Gasteiger partial charge in [-0.2, -0.15) is 0 Å². The van der Waals surface area contributed by atoms with E-state index in [4.69, 9.17) is 11.1 Å². The fraction of sp³-hybridized carbons (Fsp3) is 0.533. The molecule has 1 aliphatic carbocycles. The van der Waals surface area contributed by atoms with Gasteiger partial charge in [-0.3, -0.25) is 5.41 Å². The Kier molecular flexibility index (Phi) is 4.08. The van der Waals surface area contributed by atoms with E-state index in [9.17, 15) is 4.39 Å². The summed E-state index contributed by atoms with van der Waals surface area (Å²) >= 11 is 0. The molecule has 0 atom stereocenters. The Hall–Kier alpha value is -1.58. The number of nitrogens with one attached hydrogen (secondary N) is 1. The van der Waals surface area contributed by atoms with E-state index in [0.29, 0.717) is 12.0 Å². The van der Waals surface area contributed by atoms with Crippen molar-refractivity contribution in [3.8, 4) is 0 Å². The highest BCUT2D eigenvalue weighted by atomic mass is 19.1. The van der Waals surface area contributed by atoms with Crippen molar-refractivity contribution in [1.29, 1.82) is 5.41 Å². The minimum Gasteiger partial charge on any atom is -0.384 e. The molecule has 0 amide bonds. The minimum atomic E-state index is -0.403. The van der Waals surface area contributed by atoms with Crippen LogP contribution in [0.5, 0.6) is 0 Å². The van der Waals surface area contributed by atoms with Crippen LogP contribution in [0.4, 0.5) is 10.1 Å². The smallest absolute Gasteiger partial charge is 0.136 e.